The number of furan rings is 1. The molecular weight excluding hydrogens is 461 g/mol. The van der Waals surface area contributed by atoms with E-state index >= 15 is 0 Å². The van der Waals surface area contributed by atoms with Crippen LogP contribution in [0, 0.1) is 29.1 Å². The van der Waals surface area contributed by atoms with E-state index in [0.29, 0.717) is 44.7 Å². The van der Waals surface area contributed by atoms with Crippen LogP contribution < -0.4 is 4.90 Å². The van der Waals surface area contributed by atoms with Crippen LogP contribution in [0.5, 0.6) is 0 Å². The lowest BCUT2D eigenvalue weighted by atomic mass is 9.78. The van der Waals surface area contributed by atoms with E-state index in [0.717, 1.165) is 6.07 Å². The van der Waals surface area contributed by atoms with Gasteiger partial charge in [-0.2, -0.15) is 18.4 Å². The zero-order valence-corrected chi connectivity index (χ0v) is 19.6. The minimum Gasteiger partial charge on any atom is -0.459 e. The molecule has 35 heavy (non-hydrogen) atoms. The van der Waals surface area contributed by atoms with Crippen LogP contribution in [0.2, 0.25) is 0 Å². The second-order valence-corrected chi connectivity index (χ2v) is 9.35. The zero-order chi connectivity index (χ0) is 25.3. The molecule has 0 N–H and O–H groups in total. The molecule has 2 saturated heterocycles. The number of alkyl halides is 3. The number of hydrogen-bond acceptors (Lipinski definition) is 5. The molecule has 2 aliphatic rings. The van der Waals surface area contributed by atoms with Gasteiger partial charge in [0.05, 0.1) is 29.4 Å². The van der Waals surface area contributed by atoms with Crippen molar-refractivity contribution in [2.24, 2.45) is 17.8 Å². The molecule has 0 saturated carbocycles. The highest BCUT2D eigenvalue weighted by molar-refractivity contribution is 5.92. The number of nitriles is 1. The van der Waals surface area contributed by atoms with Gasteiger partial charge in [-0.1, -0.05) is 0 Å². The third-order valence-electron chi connectivity index (χ3n) is 7.08. The molecule has 10 heteroatoms. The Kier molecular flexibility index (Phi) is 6.79. The second-order valence-electron chi connectivity index (χ2n) is 9.35. The number of hydrogen-bond donors (Lipinski definition) is 0. The summed E-state index contributed by atoms with van der Waals surface area (Å²) in [5.41, 5.74) is -0.899. The van der Waals surface area contributed by atoms with Gasteiger partial charge in [0.1, 0.15) is 0 Å². The minimum absolute atomic E-state index is 0.0333. The fourth-order valence-corrected chi connectivity index (χ4v) is 5.27. The van der Waals surface area contributed by atoms with Gasteiger partial charge in [0.15, 0.2) is 5.76 Å². The van der Waals surface area contributed by atoms with E-state index in [1.54, 1.807) is 48.2 Å². The zero-order valence-electron chi connectivity index (χ0n) is 19.6. The van der Waals surface area contributed by atoms with E-state index < -0.39 is 17.3 Å². The molecule has 0 bridgehead atoms. The lowest BCUT2D eigenvalue weighted by Gasteiger charge is -2.38. The highest BCUT2D eigenvalue weighted by atomic mass is 19.4. The molecule has 0 unspecified atom stereocenters. The van der Waals surface area contributed by atoms with Crippen molar-refractivity contribution >= 4 is 17.5 Å². The third kappa shape index (κ3) is 4.99. The van der Waals surface area contributed by atoms with Crippen LogP contribution >= 0.6 is 0 Å². The molecular formula is C25H27F3N4O3. The van der Waals surface area contributed by atoms with Crippen molar-refractivity contribution in [2.45, 2.75) is 19.0 Å². The smallest absolute Gasteiger partial charge is 0.417 e. The number of rotatable bonds is 4. The first kappa shape index (κ1) is 24.6. The maximum atomic E-state index is 13.4. The van der Waals surface area contributed by atoms with Crippen molar-refractivity contribution in [3.8, 4) is 6.07 Å². The average Bonchev–Trinajstić information content (AvgIpc) is 3.53. The van der Waals surface area contributed by atoms with Gasteiger partial charge in [0.2, 0.25) is 5.91 Å². The number of carbonyl (C=O) groups excluding carboxylic acids is 2. The van der Waals surface area contributed by atoms with E-state index in [1.165, 1.54) is 12.3 Å². The largest absolute Gasteiger partial charge is 0.459 e. The van der Waals surface area contributed by atoms with Crippen molar-refractivity contribution in [2.75, 3.05) is 45.2 Å². The molecule has 1 aromatic carbocycles. The van der Waals surface area contributed by atoms with E-state index in [4.69, 9.17) is 9.68 Å². The molecule has 1 aromatic heterocycles. The van der Waals surface area contributed by atoms with Crippen molar-refractivity contribution in [1.82, 2.24) is 9.80 Å². The number of likely N-dealkylation sites (tertiary alicyclic amines) is 1. The second kappa shape index (κ2) is 9.64. The van der Waals surface area contributed by atoms with Gasteiger partial charge in [-0.25, -0.2) is 0 Å². The molecule has 0 aliphatic carbocycles. The number of amides is 2. The molecule has 0 spiro atoms. The maximum absolute atomic E-state index is 13.4. The Morgan fingerprint density at radius 2 is 1.86 bits per heavy atom. The number of nitrogens with zero attached hydrogens (tertiary/aromatic N) is 4. The Hall–Kier alpha value is -3.48. The number of carbonyl (C=O) groups is 2. The predicted molar refractivity (Wildman–Crippen MR) is 121 cm³/mol. The maximum Gasteiger partial charge on any atom is 0.417 e. The van der Waals surface area contributed by atoms with Crippen molar-refractivity contribution < 1.29 is 27.2 Å². The lowest BCUT2D eigenvalue weighted by Crippen LogP contribution is -2.41. The third-order valence-corrected chi connectivity index (χ3v) is 7.08. The lowest BCUT2D eigenvalue weighted by molar-refractivity contribution is -0.137. The molecule has 186 valence electrons. The van der Waals surface area contributed by atoms with E-state index in [9.17, 15) is 22.8 Å². The van der Waals surface area contributed by atoms with Gasteiger partial charge in [0.25, 0.3) is 5.91 Å². The van der Waals surface area contributed by atoms with Crippen LogP contribution in [0.25, 0.3) is 0 Å². The molecule has 2 amide bonds. The summed E-state index contributed by atoms with van der Waals surface area (Å²) in [6.45, 7) is 1.80. The normalized spacial score (nSPS) is 21.1. The summed E-state index contributed by atoms with van der Waals surface area (Å²) in [5, 5.41) is 9.04. The van der Waals surface area contributed by atoms with Gasteiger partial charge >= 0.3 is 6.18 Å². The van der Waals surface area contributed by atoms with Crippen LogP contribution in [-0.2, 0) is 11.0 Å². The summed E-state index contributed by atoms with van der Waals surface area (Å²) in [5.74, 6) is -0.282. The average molecular weight is 489 g/mol. The Morgan fingerprint density at radius 3 is 2.43 bits per heavy atom. The molecule has 2 aliphatic heterocycles. The summed E-state index contributed by atoms with van der Waals surface area (Å²) in [7, 11) is 3.39. The first-order valence-electron chi connectivity index (χ1n) is 11.5. The van der Waals surface area contributed by atoms with Crippen LogP contribution in [0.15, 0.2) is 41.0 Å². The quantitative estimate of drug-likeness (QED) is 0.653. The van der Waals surface area contributed by atoms with Gasteiger partial charge in [0, 0.05) is 46.0 Å². The number of benzene rings is 1. The molecule has 7 nitrogen and oxygen atoms in total. The van der Waals surface area contributed by atoms with Gasteiger partial charge < -0.3 is 19.1 Å². The Balaban J connectivity index is 1.48. The Labute approximate surface area is 201 Å². The van der Waals surface area contributed by atoms with Crippen molar-refractivity contribution in [1.29, 1.82) is 5.26 Å². The molecule has 0 radical (unpaired) electrons. The highest BCUT2D eigenvalue weighted by Gasteiger charge is 2.45. The summed E-state index contributed by atoms with van der Waals surface area (Å²) in [6.07, 6.45) is -1.79. The summed E-state index contributed by atoms with van der Waals surface area (Å²) in [6, 6.07) is 8.66. The van der Waals surface area contributed by atoms with Crippen LogP contribution in [0.3, 0.4) is 0 Å². The van der Waals surface area contributed by atoms with E-state index in [1.807, 2.05) is 4.90 Å². The summed E-state index contributed by atoms with van der Waals surface area (Å²) >= 11 is 0. The standard InChI is InChI=1S/C25H27F3N4O3/c1-30(2)23(33)20-15-32(24(34)22-4-3-11-35-22)14-19(20)16-7-9-31(10-8-16)18-6-5-17(13-29)21(12-18)25(26,27)28/h3-6,11-12,16,19-20H,7-10,14-15H2,1-2H3/t19-,20+/m0/s1. The van der Waals surface area contributed by atoms with Gasteiger partial charge in [-0.3, -0.25) is 9.59 Å². The Bertz CT molecular complexity index is 1120. The topological polar surface area (TPSA) is 80.8 Å². The first-order chi connectivity index (χ1) is 16.6. The number of piperidine rings is 1. The molecule has 3 heterocycles. The monoisotopic (exact) mass is 488 g/mol. The number of anilines is 1. The van der Waals surface area contributed by atoms with Crippen LogP contribution in [0.1, 0.15) is 34.5 Å². The SMILES string of the molecule is CN(C)C(=O)[C@@H]1CN(C(=O)c2ccco2)C[C@H]1C1CCN(c2ccc(C#N)c(C(F)(F)F)c2)CC1. The molecule has 2 atom stereocenters. The highest BCUT2D eigenvalue weighted by Crippen LogP contribution is 2.39. The van der Waals surface area contributed by atoms with E-state index in [2.05, 4.69) is 0 Å². The number of halogens is 3. The van der Waals surface area contributed by atoms with Gasteiger partial charge in [-0.15, -0.1) is 0 Å². The summed E-state index contributed by atoms with van der Waals surface area (Å²) in [4.78, 5) is 30.9. The summed E-state index contributed by atoms with van der Waals surface area (Å²) < 4.78 is 45.4. The van der Waals surface area contributed by atoms with Crippen LogP contribution in [-0.4, -0.2) is 61.9 Å². The predicted octanol–water partition coefficient (Wildman–Crippen LogP) is 3.86. The molecule has 2 fully saturated rings. The molecule has 4 rings (SSSR count). The van der Waals surface area contributed by atoms with Gasteiger partial charge in [-0.05, 0) is 55.0 Å². The van der Waals surface area contributed by atoms with Crippen molar-refractivity contribution in [3.63, 3.8) is 0 Å². The minimum atomic E-state index is -4.60. The van der Waals surface area contributed by atoms with E-state index in [-0.39, 0.29) is 35.3 Å². The Morgan fingerprint density at radius 1 is 1.14 bits per heavy atom. The molecule has 2 aromatic rings. The van der Waals surface area contributed by atoms with Crippen LogP contribution in [0.4, 0.5) is 18.9 Å². The van der Waals surface area contributed by atoms with Crippen molar-refractivity contribution in [3.05, 3.63) is 53.5 Å². The fourth-order valence-electron chi connectivity index (χ4n) is 5.27. The first-order valence-corrected chi connectivity index (χ1v) is 11.5. The fraction of sp³-hybridized carbons (Fsp3) is 0.480.